The number of fused-ring (bicyclic) bond motifs is 1. The average molecular weight is 706 g/mol. The summed E-state index contributed by atoms with van der Waals surface area (Å²) in [5.41, 5.74) is -1.52. The molecular formula is C36H59N5O7S. The van der Waals surface area contributed by atoms with Crippen molar-refractivity contribution in [3.05, 3.63) is 12.7 Å². The van der Waals surface area contributed by atoms with Gasteiger partial charge < -0.3 is 26.2 Å². The van der Waals surface area contributed by atoms with Gasteiger partial charge in [0.25, 0.3) is 5.91 Å². The first kappa shape index (κ1) is 38.8. The number of hydrogen-bond acceptors (Lipinski definition) is 7. The zero-order valence-corrected chi connectivity index (χ0v) is 31.0. The number of nitrogens with one attached hydrogen (secondary N) is 4. The zero-order chi connectivity index (χ0) is 36.2. The van der Waals surface area contributed by atoms with E-state index in [0.29, 0.717) is 19.4 Å². The van der Waals surface area contributed by atoms with Gasteiger partial charge in [-0.3, -0.25) is 19.2 Å². The maximum atomic E-state index is 14.8. The van der Waals surface area contributed by atoms with E-state index in [-0.39, 0.29) is 30.0 Å². The number of amides is 5. The lowest BCUT2D eigenvalue weighted by Crippen LogP contribution is -2.64. The van der Waals surface area contributed by atoms with Crippen LogP contribution in [0.5, 0.6) is 0 Å². The molecule has 5 amide bonds. The largest absolute Gasteiger partial charge is 0.346 e. The van der Waals surface area contributed by atoms with Crippen LogP contribution in [0, 0.1) is 17.3 Å². The Hall–Kier alpha value is -2.96. The van der Waals surface area contributed by atoms with E-state index in [1.807, 2.05) is 6.92 Å². The molecule has 1 unspecified atom stereocenters. The van der Waals surface area contributed by atoms with E-state index in [1.165, 1.54) is 13.0 Å². The van der Waals surface area contributed by atoms with Gasteiger partial charge in [0.1, 0.15) is 12.1 Å². The summed E-state index contributed by atoms with van der Waals surface area (Å²) in [5.74, 6) is -2.58. The highest BCUT2D eigenvalue weighted by Crippen LogP contribution is 2.45. The van der Waals surface area contributed by atoms with Gasteiger partial charge in [0.05, 0.1) is 22.1 Å². The Balaban J connectivity index is 1.59. The summed E-state index contributed by atoms with van der Waals surface area (Å²) in [6.45, 7) is 12.5. The Morgan fingerprint density at radius 2 is 1.53 bits per heavy atom. The van der Waals surface area contributed by atoms with E-state index in [9.17, 15) is 32.4 Å². The number of sulfone groups is 1. The van der Waals surface area contributed by atoms with Crippen molar-refractivity contribution in [2.75, 3.05) is 18.8 Å². The first-order chi connectivity index (χ1) is 22.9. The second-order valence-electron chi connectivity index (χ2n) is 16.3. The van der Waals surface area contributed by atoms with Gasteiger partial charge in [0, 0.05) is 13.1 Å². The lowest BCUT2D eigenvalue weighted by molar-refractivity contribution is -0.145. The van der Waals surface area contributed by atoms with Crippen molar-refractivity contribution >= 4 is 39.4 Å². The van der Waals surface area contributed by atoms with Gasteiger partial charge in [-0.1, -0.05) is 57.9 Å². The smallest absolute Gasteiger partial charge is 0.315 e. The molecule has 0 aromatic carbocycles. The molecule has 0 spiro atoms. The van der Waals surface area contributed by atoms with Crippen LogP contribution in [0.25, 0.3) is 0 Å². The molecule has 12 nitrogen and oxygen atoms in total. The number of ketones is 1. The van der Waals surface area contributed by atoms with Crippen LogP contribution >= 0.6 is 0 Å². The molecule has 0 bridgehead atoms. The molecule has 1 aliphatic heterocycles. The lowest BCUT2D eigenvalue weighted by Gasteiger charge is -2.44. The van der Waals surface area contributed by atoms with Crippen molar-refractivity contribution in [2.45, 2.75) is 147 Å². The van der Waals surface area contributed by atoms with Crippen molar-refractivity contribution < 1.29 is 32.4 Å². The van der Waals surface area contributed by atoms with E-state index in [4.69, 9.17) is 0 Å². The van der Waals surface area contributed by atoms with Crippen LogP contribution in [0.3, 0.4) is 0 Å². The van der Waals surface area contributed by atoms with Gasteiger partial charge in [-0.25, -0.2) is 13.2 Å². The molecule has 0 aromatic heterocycles. The molecule has 4 fully saturated rings. The monoisotopic (exact) mass is 705 g/mol. The van der Waals surface area contributed by atoms with Crippen LogP contribution in [-0.4, -0.2) is 90.1 Å². The second-order valence-corrected chi connectivity index (χ2v) is 19.1. The van der Waals surface area contributed by atoms with Crippen molar-refractivity contribution in [1.29, 1.82) is 0 Å². The molecule has 3 saturated carbocycles. The Morgan fingerprint density at radius 3 is 2.12 bits per heavy atom. The summed E-state index contributed by atoms with van der Waals surface area (Å²) in [4.78, 5) is 69.3. The average Bonchev–Trinajstić information content (AvgIpc) is 3.63. The van der Waals surface area contributed by atoms with E-state index >= 15 is 0 Å². The quantitative estimate of drug-likeness (QED) is 0.178. The SMILES string of the molecule is C=CCNC(=O)C(=O)C(C)NC(=O)[C@@H]1[C@H]2CCC[C@H]2CN1C(=O)[C@@H](NC(=O)NC1(CS(=O)(=O)C(C)(C)C)CCCCC1)C1(C)CCCCC1. The lowest BCUT2D eigenvalue weighted by atomic mass is 9.70. The number of likely N-dealkylation sites (tertiary alicyclic amines) is 1. The van der Waals surface area contributed by atoms with Gasteiger partial charge >= 0.3 is 6.03 Å². The first-order valence-electron chi connectivity index (χ1n) is 18.3. The van der Waals surface area contributed by atoms with Crippen LogP contribution in [0.1, 0.15) is 118 Å². The molecule has 4 N–H and O–H groups in total. The second kappa shape index (κ2) is 15.5. The summed E-state index contributed by atoms with van der Waals surface area (Å²) in [6.07, 6.45) is 11.9. The molecule has 4 rings (SSSR count). The fraction of sp³-hybridized carbons (Fsp3) is 0.806. The standard InChI is InChI=1S/C36H59N5O7S/c1-7-21-37-31(44)28(42)24(2)38-30(43)27-26-16-14-15-25(26)22-41(27)32(45)29(35(6)17-10-8-11-18-35)39-33(46)40-36(19-12-9-13-20-36)23-49(47,48)34(3,4)5/h7,24-27,29H,1,8-23H2,2-6H3,(H,37,44)(H,38,43)(H2,39,40,46)/t24?,25-,26-,27-,29+/m0/s1. The molecular weight excluding hydrogens is 646 g/mol. The minimum atomic E-state index is -3.56. The maximum absolute atomic E-state index is 14.8. The van der Waals surface area contributed by atoms with Gasteiger partial charge in [-0.2, -0.15) is 0 Å². The summed E-state index contributed by atoms with van der Waals surface area (Å²) in [5, 5.41) is 11.3. The van der Waals surface area contributed by atoms with Crippen LogP contribution < -0.4 is 21.3 Å². The first-order valence-corrected chi connectivity index (χ1v) is 19.9. The van der Waals surface area contributed by atoms with Gasteiger partial charge in [-0.15, -0.1) is 6.58 Å². The summed E-state index contributed by atoms with van der Waals surface area (Å²) in [7, 11) is -3.56. The van der Waals surface area contributed by atoms with Crippen LogP contribution in [-0.2, 0) is 29.0 Å². The van der Waals surface area contributed by atoms with Gasteiger partial charge in [-0.05, 0) is 83.5 Å². The number of nitrogens with zero attached hydrogens (tertiary/aromatic N) is 1. The number of hydrogen-bond donors (Lipinski definition) is 4. The van der Waals surface area contributed by atoms with Gasteiger partial charge in [0.15, 0.2) is 9.84 Å². The van der Waals surface area contributed by atoms with Crippen molar-refractivity contribution in [3.8, 4) is 0 Å². The third-order valence-electron chi connectivity index (χ3n) is 11.6. The Bertz CT molecular complexity index is 1380. The van der Waals surface area contributed by atoms with Crippen molar-refractivity contribution in [1.82, 2.24) is 26.2 Å². The molecule has 4 aliphatic rings. The summed E-state index contributed by atoms with van der Waals surface area (Å²) in [6, 6.07) is -3.44. The van der Waals surface area contributed by atoms with Crippen LogP contribution in [0.15, 0.2) is 12.7 Å². The zero-order valence-electron chi connectivity index (χ0n) is 30.2. The third kappa shape index (κ3) is 8.86. The summed E-state index contributed by atoms with van der Waals surface area (Å²) < 4.78 is 25.8. The number of urea groups is 1. The Labute approximate surface area is 292 Å². The highest BCUT2D eigenvalue weighted by Gasteiger charge is 2.53. The van der Waals surface area contributed by atoms with E-state index in [1.54, 1.807) is 25.7 Å². The predicted molar refractivity (Wildman–Crippen MR) is 188 cm³/mol. The number of Topliss-reactive ketones (excluding diaryl/α,β-unsaturated/α-hetero) is 1. The van der Waals surface area contributed by atoms with Gasteiger partial charge in [0.2, 0.25) is 17.6 Å². The normalized spacial score (nSPS) is 26.1. The third-order valence-corrected chi connectivity index (χ3v) is 14.4. The fourth-order valence-electron chi connectivity index (χ4n) is 8.55. The predicted octanol–water partition coefficient (Wildman–Crippen LogP) is 3.54. The molecule has 0 radical (unpaired) electrons. The fourth-order valence-corrected chi connectivity index (χ4v) is 10.1. The van der Waals surface area contributed by atoms with Crippen LogP contribution in [0.4, 0.5) is 4.79 Å². The number of carbonyl (C=O) groups is 5. The molecule has 5 atom stereocenters. The molecule has 3 aliphatic carbocycles. The minimum absolute atomic E-state index is 0.0948. The van der Waals surface area contributed by atoms with E-state index in [0.717, 1.165) is 70.6 Å². The number of carbonyl (C=O) groups excluding carboxylic acids is 5. The van der Waals surface area contributed by atoms with E-state index < -0.39 is 67.3 Å². The highest BCUT2D eigenvalue weighted by molar-refractivity contribution is 7.92. The molecule has 1 heterocycles. The molecule has 49 heavy (non-hydrogen) atoms. The van der Waals surface area contributed by atoms with Crippen LogP contribution in [0.2, 0.25) is 0 Å². The number of rotatable bonds is 12. The summed E-state index contributed by atoms with van der Waals surface area (Å²) >= 11 is 0. The Kier molecular flexibility index (Phi) is 12.3. The van der Waals surface area contributed by atoms with Crippen molar-refractivity contribution in [3.63, 3.8) is 0 Å². The maximum Gasteiger partial charge on any atom is 0.315 e. The Morgan fingerprint density at radius 1 is 0.918 bits per heavy atom. The topological polar surface area (TPSA) is 171 Å². The molecule has 1 saturated heterocycles. The molecule has 13 heteroatoms. The minimum Gasteiger partial charge on any atom is -0.346 e. The van der Waals surface area contributed by atoms with E-state index in [2.05, 4.69) is 27.8 Å². The van der Waals surface area contributed by atoms with Crippen molar-refractivity contribution in [2.24, 2.45) is 17.3 Å². The molecule has 0 aromatic rings. The highest BCUT2D eigenvalue weighted by atomic mass is 32.2. The molecule has 276 valence electrons.